The van der Waals surface area contributed by atoms with E-state index in [1.165, 1.54) is 6.92 Å². The topological polar surface area (TPSA) is 267 Å². The second-order valence-electron chi connectivity index (χ2n) is 24.0. The van der Waals surface area contributed by atoms with Crippen LogP contribution in [0.5, 0.6) is 0 Å². The van der Waals surface area contributed by atoms with Gasteiger partial charge in [-0.3, -0.25) is 0 Å². The molecule has 5 aliphatic carbocycles. The third-order valence-electron chi connectivity index (χ3n) is 19.9. The predicted octanol–water partition coefficient (Wildman–Crippen LogP) is 0.629. The molecule has 10 N–H and O–H groups in total. The molecule has 0 aromatic carbocycles. The third kappa shape index (κ3) is 7.09. The number of allylic oxidation sites excluding steroid dienone is 1. The Bertz CT molecular complexity index is 1780. The van der Waals surface area contributed by atoms with Crippen LogP contribution in [0.4, 0.5) is 0 Å². The van der Waals surface area contributed by atoms with E-state index in [1.807, 2.05) is 0 Å². The Balaban J connectivity index is 0.958. The zero-order chi connectivity index (χ0) is 47.2. The van der Waals surface area contributed by atoms with Gasteiger partial charge in [0.2, 0.25) is 0 Å². The lowest BCUT2D eigenvalue weighted by molar-refractivity contribution is -0.374. The summed E-state index contributed by atoms with van der Waals surface area (Å²) in [6.07, 6.45) is -12.0. The third-order valence-corrected chi connectivity index (χ3v) is 19.9. The zero-order valence-corrected chi connectivity index (χ0v) is 39.3. The van der Waals surface area contributed by atoms with E-state index in [-0.39, 0.29) is 44.8 Å². The number of ether oxygens (including phenoxy) is 7. The second kappa shape index (κ2) is 16.6. The summed E-state index contributed by atoms with van der Waals surface area (Å²) in [5.41, 5.74) is -1.61. The first kappa shape index (κ1) is 49.1. The molecule has 65 heavy (non-hydrogen) atoms. The van der Waals surface area contributed by atoms with Crippen molar-refractivity contribution in [3.05, 3.63) is 12.2 Å². The molecule has 17 nitrogen and oxygen atoms in total. The van der Waals surface area contributed by atoms with Crippen molar-refractivity contribution in [3.63, 3.8) is 0 Å². The standard InChI is InChI=1S/C48H78O17/c1-22-30(51)32(53)36(57)40(61-22)65-38-24(20-59-39-35(56)33(54)31(52)23(19-49)62-39)63-41(37(58)34(38)55)64-29-11-12-44(6)25(43(29,4)5)9-13-45(7)26(44)10-14-48-27-17-42(2,3)15-16-47(27,21-60-48)28(50)18-46(45,48)8/h10,14,22-41,49-58H,9,11-13,15-21H2,1-8H3/t22-,23+,24+,25-,26+,27+,28-,29-,30-,31+,32+,33-,34+,35+,36+,37+,38+,39+,40-,41-,44-,45+,46-,47+,48-/m0/s1. The minimum absolute atomic E-state index is 0.163. The molecule has 0 unspecified atom stereocenters. The number of hydrogen-bond donors (Lipinski definition) is 10. The van der Waals surface area contributed by atoms with Crippen LogP contribution in [0.25, 0.3) is 0 Å². The minimum atomic E-state index is -1.75. The van der Waals surface area contributed by atoms with E-state index < -0.39 is 129 Å². The molecular formula is C48H78O17. The summed E-state index contributed by atoms with van der Waals surface area (Å²) >= 11 is 0. The van der Waals surface area contributed by atoms with Crippen LogP contribution in [0.3, 0.4) is 0 Å². The first-order valence-electron chi connectivity index (χ1n) is 24.3. The number of rotatable bonds is 8. The molecule has 0 aromatic rings. The van der Waals surface area contributed by atoms with Gasteiger partial charge in [-0.2, -0.15) is 0 Å². The largest absolute Gasteiger partial charge is 0.394 e. The molecule has 9 aliphatic rings. The molecule has 8 fully saturated rings. The molecule has 4 heterocycles. The van der Waals surface area contributed by atoms with Crippen molar-refractivity contribution in [1.29, 1.82) is 0 Å². The van der Waals surface area contributed by atoms with Crippen molar-refractivity contribution < 1.29 is 84.2 Å². The Labute approximate surface area is 382 Å². The van der Waals surface area contributed by atoms with Gasteiger partial charge in [-0.25, -0.2) is 0 Å². The first-order chi connectivity index (χ1) is 30.3. The molecule has 1 spiro atoms. The number of aliphatic hydroxyl groups is 10. The highest BCUT2D eigenvalue weighted by atomic mass is 16.8. The maximum absolute atomic E-state index is 12.2. The van der Waals surface area contributed by atoms with Crippen LogP contribution in [0, 0.1) is 50.2 Å². The molecule has 0 aromatic heterocycles. The van der Waals surface area contributed by atoms with Crippen molar-refractivity contribution in [2.75, 3.05) is 19.8 Å². The summed E-state index contributed by atoms with van der Waals surface area (Å²) < 4.78 is 43.5. The molecule has 9 rings (SSSR count). The van der Waals surface area contributed by atoms with Gasteiger partial charge in [0.05, 0.1) is 43.7 Å². The van der Waals surface area contributed by atoms with E-state index >= 15 is 0 Å². The average molecular weight is 927 g/mol. The van der Waals surface area contributed by atoms with Crippen molar-refractivity contribution in [2.45, 2.75) is 217 Å². The van der Waals surface area contributed by atoms with Crippen molar-refractivity contribution in [1.82, 2.24) is 0 Å². The molecule has 372 valence electrons. The molecule has 17 heteroatoms. The number of fused-ring (bicyclic) bond motifs is 4. The van der Waals surface area contributed by atoms with Gasteiger partial charge >= 0.3 is 0 Å². The molecule has 2 bridgehead atoms. The van der Waals surface area contributed by atoms with Crippen LogP contribution in [0.15, 0.2) is 12.2 Å². The molecule has 4 saturated carbocycles. The highest BCUT2D eigenvalue weighted by molar-refractivity contribution is 5.36. The van der Waals surface area contributed by atoms with Crippen LogP contribution >= 0.6 is 0 Å². The lowest BCUT2D eigenvalue weighted by atomic mass is 9.32. The monoisotopic (exact) mass is 927 g/mol. The van der Waals surface area contributed by atoms with Gasteiger partial charge in [-0.1, -0.05) is 60.6 Å². The van der Waals surface area contributed by atoms with Gasteiger partial charge in [0.15, 0.2) is 18.9 Å². The SMILES string of the molecule is C[C@@H]1O[C@@H](O[C@H]2[C@H](O)[C@@H](O)[C@H](O[C@H]3CC[C@]4(C)[C@H]5C=C[C@]67OC[C@@]8(CCC(C)(C)C[C@H]86)[C@@H](O)C[C@@]7(C)[C@]5(C)CC[C@H]4C3(C)C)O[C@@H]2CO[C@@H]2O[C@H](CO)[C@@H](O)[C@H](O)[C@H]2O)[C@H](O)[C@H](O)[C@H]1O. The van der Waals surface area contributed by atoms with Gasteiger partial charge in [0.1, 0.15) is 67.1 Å². The van der Waals surface area contributed by atoms with Crippen LogP contribution in [-0.4, -0.2) is 181 Å². The van der Waals surface area contributed by atoms with E-state index in [4.69, 9.17) is 33.2 Å². The van der Waals surface area contributed by atoms with Crippen molar-refractivity contribution in [2.24, 2.45) is 50.2 Å². The lowest BCUT2D eigenvalue weighted by Crippen LogP contribution is -2.72. The Kier molecular flexibility index (Phi) is 12.5. The fourth-order valence-corrected chi connectivity index (χ4v) is 15.7. The maximum atomic E-state index is 12.2. The number of aliphatic hydroxyl groups excluding tert-OH is 10. The molecule has 4 aliphatic heterocycles. The molecular weight excluding hydrogens is 849 g/mol. The summed E-state index contributed by atoms with van der Waals surface area (Å²) in [5.74, 6) is 0.593. The molecule has 0 amide bonds. The van der Waals surface area contributed by atoms with Gasteiger partial charge in [0.25, 0.3) is 0 Å². The lowest BCUT2D eigenvalue weighted by Gasteiger charge is -2.73. The highest BCUT2D eigenvalue weighted by Crippen LogP contribution is 2.79. The van der Waals surface area contributed by atoms with E-state index in [0.29, 0.717) is 19.4 Å². The van der Waals surface area contributed by atoms with Gasteiger partial charge in [0, 0.05) is 16.7 Å². The van der Waals surface area contributed by atoms with Crippen molar-refractivity contribution >= 4 is 0 Å². The maximum Gasteiger partial charge on any atom is 0.187 e. The van der Waals surface area contributed by atoms with E-state index in [9.17, 15) is 51.1 Å². The second-order valence-corrected chi connectivity index (χ2v) is 24.0. The summed E-state index contributed by atoms with van der Waals surface area (Å²) in [4.78, 5) is 0. The Morgan fingerprint density at radius 1 is 0.631 bits per heavy atom. The van der Waals surface area contributed by atoms with Crippen LogP contribution < -0.4 is 0 Å². The molecule has 4 saturated heterocycles. The van der Waals surface area contributed by atoms with Crippen LogP contribution in [-0.2, 0) is 33.2 Å². The molecule has 0 radical (unpaired) electrons. The Hall–Kier alpha value is -0.940. The number of hydrogen-bond acceptors (Lipinski definition) is 17. The van der Waals surface area contributed by atoms with Crippen molar-refractivity contribution in [3.8, 4) is 0 Å². The zero-order valence-electron chi connectivity index (χ0n) is 39.3. The van der Waals surface area contributed by atoms with Gasteiger partial charge in [-0.05, 0) is 91.8 Å². The smallest absolute Gasteiger partial charge is 0.187 e. The summed E-state index contributed by atoms with van der Waals surface area (Å²) in [6.45, 7) is 17.2. The average Bonchev–Trinajstić information content (AvgIpc) is 3.52. The summed E-state index contributed by atoms with van der Waals surface area (Å²) in [7, 11) is 0. The van der Waals surface area contributed by atoms with E-state index in [1.54, 1.807) is 0 Å². The normalized spacial score (nSPS) is 58.0. The first-order valence-corrected chi connectivity index (χ1v) is 24.3. The minimum Gasteiger partial charge on any atom is -0.394 e. The van der Waals surface area contributed by atoms with Crippen LogP contribution in [0.1, 0.15) is 107 Å². The fourth-order valence-electron chi connectivity index (χ4n) is 15.7. The quantitative estimate of drug-likeness (QED) is 0.118. The van der Waals surface area contributed by atoms with Gasteiger partial charge < -0.3 is 84.2 Å². The Morgan fingerprint density at radius 3 is 1.98 bits per heavy atom. The Morgan fingerprint density at radius 2 is 1.28 bits per heavy atom. The fraction of sp³-hybridized carbons (Fsp3) is 0.958. The van der Waals surface area contributed by atoms with Gasteiger partial charge in [-0.15, -0.1) is 0 Å². The van der Waals surface area contributed by atoms with E-state index in [2.05, 4.69) is 60.6 Å². The summed E-state index contributed by atoms with van der Waals surface area (Å²) in [5, 5.41) is 109. The van der Waals surface area contributed by atoms with Crippen LogP contribution in [0.2, 0.25) is 0 Å². The summed E-state index contributed by atoms with van der Waals surface area (Å²) in [6, 6.07) is 0. The molecule has 25 atom stereocenters. The highest BCUT2D eigenvalue weighted by Gasteiger charge is 2.79. The van der Waals surface area contributed by atoms with E-state index in [0.717, 1.165) is 38.5 Å². The predicted molar refractivity (Wildman–Crippen MR) is 228 cm³/mol.